The molecule has 0 radical (unpaired) electrons. The number of rotatable bonds is 3. The third-order valence-corrected chi connectivity index (χ3v) is 9.04. The van der Waals surface area contributed by atoms with Crippen LogP contribution in [-0.2, 0) is 0 Å². The Hall–Kier alpha value is -2.52. The van der Waals surface area contributed by atoms with Gasteiger partial charge >= 0.3 is 0 Å². The van der Waals surface area contributed by atoms with Gasteiger partial charge in [-0.15, -0.1) is 0 Å². The van der Waals surface area contributed by atoms with Crippen LogP contribution in [0.25, 0.3) is 11.0 Å². The summed E-state index contributed by atoms with van der Waals surface area (Å²) in [6.45, 7) is 0. The summed E-state index contributed by atoms with van der Waals surface area (Å²) < 4.78 is 1.89. The Labute approximate surface area is 195 Å². The number of aromatic nitrogens is 2. The van der Waals surface area contributed by atoms with E-state index >= 15 is 0 Å². The van der Waals surface area contributed by atoms with Crippen molar-refractivity contribution in [2.45, 2.75) is 94.8 Å². The van der Waals surface area contributed by atoms with Crippen molar-refractivity contribution in [1.82, 2.24) is 14.5 Å². The SMILES string of the molecule is N#CC(=N)c1nc2ccccc2n([C@H]2C[C@H]3CCC[C@@H](C2)N3C2CC3CCCC(C3)C2)c1=O. The summed E-state index contributed by atoms with van der Waals surface area (Å²) in [5, 5.41) is 17.3. The van der Waals surface area contributed by atoms with E-state index in [9.17, 15) is 10.1 Å². The zero-order valence-electron chi connectivity index (χ0n) is 19.2. The van der Waals surface area contributed by atoms with Gasteiger partial charge in [0.05, 0.1) is 11.0 Å². The van der Waals surface area contributed by atoms with Crippen molar-refractivity contribution in [2.75, 3.05) is 0 Å². The van der Waals surface area contributed by atoms with Crippen molar-refractivity contribution < 1.29 is 0 Å². The fraction of sp³-hybridized carbons (Fsp3) is 0.630. The summed E-state index contributed by atoms with van der Waals surface area (Å²) in [6, 6.07) is 11.4. The molecule has 3 heterocycles. The highest BCUT2D eigenvalue weighted by Gasteiger charge is 2.45. The van der Waals surface area contributed by atoms with E-state index < -0.39 is 0 Å². The Kier molecular flexibility index (Phi) is 5.33. The molecule has 6 rings (SSSR count). The van der Waals surface area contributed by atoms with Gasteiger partial charge < -0.3 is 4.57 Å². The quantitative estimate of drug-likeness (QED) is 0.690. The molecule has 1 N–H and O–H groups in total. The van der Waals surface area contributed by atoms with Crippen molar-refractivity contribution in [1.29, 1.82) is 10.7 Å². The molecule has 6 nitrogen and oxygen atoms in total. The molecular weight excluding hydrogens is 410 g/mol. The number of nitriles is 1. The molecule has 2 unspecified atom stereocenters. The Morgan fingerprint density at radius 3 is 2.27 bits per heavy atom. The maximum absolute atomic E-state index is 13.5. The molecule has 1 aromatic carbocycles. The first-order valence-corrected chi connectivity index (χ1v) is 12.9. The van der Waals surface area contributed by atoms with Gasteiger partial charge in [0.25, 0.3) is 5.56 Å². The van der Waals surface area contributed by atoms with E-state index in [2.05, 4.69) is 9.88 Å². The van der Waals surface area contributed by atoms with Gasteiger partial charge in [-0.25, -0.2) is 4.98 Å². The number of piperidine rings is 2. The fourth-order valence-corrected chi connectivity index (χ4v) is 7.87. The summed E-state index contributed by atoms with van der Waals surface area (Å²) in [6.07, 6.45) is 14.2. The van der Waals surface area contributed by atoms with Crippen LogP contribution in [-0.4, -0.2) is 38.3 Å². The number of fused-ring (bicyclic) bond motifs is 5. The maximum atomic E-state index is 13.5. The molecular formula is C27H33N5O. The smallest absolute Gasteiger partial charge is 0.280 e. The zero-order chi connectivity index (χ0) is 22.5. The van der Waals surface area contributed by atoms with Crippen LogP contribution >= 0.6 is 0 Å². The molecule has 2 aliphatic carbocycles. The van der Waals surface area contributed by atoms with Crippen LogP contribution in [0.5, 0.6) is 0 Å². The first-order valence-electron chi connectivity index (χ1n) is 12.9. The molecule has 172 valence electrons. The van der Waals surface area contributed by atoms with Crippen molar-refractivity contribution in [3.8, 4) is 6.07 Å². The largest absolute Gasteiger partial charge is 0.302 e. The van der Waals surface area contributed by atoms with Gasteiger partial charge in [0.15, 0.2) is 11.4 Å². The molecule has 2 aliphatic heterocycles. The highest BCUT2D eigenvalue weighted by Crippen LogP contribution is 2.47. The summed E-state index contributed by atoms with van der Waals surface area (Å²) in [5.41, 5.74) is 0.902. The molecule has 4 aliphatic rings. The maximum Gasteiger partial charge on any atom is 0.280 e. The van der Waals surface area contributed by atoms with Crippen molar-refractivity contribution in [3.63, 3.8) is 0 Å². The minimum Gasteiger partial charge on any atom is -0.302 e. The Morgan fingerprint density at radius 1 is 0.909 bits per heavy atom. The van der Waals surface area contributed by atoms with Crippen molar-refractivity contribution in [2.24, 2.45) is 11.8 Å². The lowest BCUT2D eigenvalue weighted by atomic mass is 9.68. The number of hydrogen-bond acceptors (Lipinski definition) is 5. The third kappa shape index (κ3) is 3.61. The summed E-state index contributed by atoms with van der Waals surface area (Å²) in [7, 11) is 0. The predicted octanol–water partition coefficient (Wildman–Crippen LogP) is 4.81. The van der Waals surface area contributed by atoms with E-state index in [1.54, 1.807) is 0 Å². The van der Waals surface area contributed by atoms with E-state index in [1.807, 2.05) is 34.9 Å². The van der Waals surface area contributed by atoms with Gasteiger partial charge in [-0.05, 0) is 68.9 Å². The number of nitrogens with zero attached hydrogens (tertiary/aromatic N) is 4. The Morgan fingerprint density at radius 2 is 1.58 bits per heavy atom. The van der Waals surface area contributed by atoms with Gasteiger partial charge in [-0.3, -0.25) is 15.1 Å². The molecule has 1 aromatic heterocycles. The average molecular weight is 444 g/mol. The molecule has 0 spiro atoms. The van der Waals surface area contributed by atoms with Crippen molar-refractivity contribution >= 4 is 16.7 Å². The topological polar surface area (TPSA) is 85.8 Å². The minimum atomic E-state index is -0.342. The number of para-hydroxylation sites is 2. The molecule has 2 saturated carbocycles. The Balaban J connectivity index is 1.36. The summed E-state index contributed by atoms with van der Waals surface area (Å²) in [4.78, 5) is 20.8. The molecule has 4 bridgehead atoms. The lowest BCUT2D eigenvalue weighted by Crippen LogP contribution is -2.58. The van der Waals surface area contributed by atoms with E-state index in [0.717, 1.165) is 36.2 Å². The highest BCUT2D eigenvalue weighted by atomic mass is 16.1. The van der Waals surface area contributed by atoms with E-state index in [-0.39, 0.29) is 23.0 Å². The van der Waals surface area contributed by atoms with Crippen LogP contribution in [0.4, 0.5) is 0 Å². The second kappa shape index (κ2) is 8.36. The molecule has 0 amide bonds. The van der Waals surface area contributed by atoms with E-state index in [0.29, 0.717) is 17.6 Å². The third-order valence-electron chi connectivity index (χ3n) is 9.04. The van der Waals surface area contributed by atoms with Crippen LogP contribution in [0.15, 0.2) is 29.1 Å². The minimum absolute atomic E-state index is 0.0103. The number of benzene rings is 1. The first kappa shape index (κ1) is 21.0. The number of nitrogens with one attached hydrogen (secondary N) is 1. The zero-order valence-corrected chi connectivity index (χ0v) is 19.2. The lowest BCUT2D eigenvalue weighted by molar-refractivity contribution is -0.0485. The Bertz CT molecular complexity index is 1150. The first-order chi connectivity index (χ1) is 16.1. The highest BCUT2D eigenvalue weighted by molar-refractivity contribution is 6.08. The van der Waals surface area contributed by atoms with Gasteiger partial charge in [0.1, 0.15) is 6.07 Å². The van der Waals surface area contributed by atoms with Crippen LogP contribution in [0.1, 0.15) is 82.4 Å². The van der Waals surface area contributed by atoms with Gasteiger partial charge in [-0.1, -0.05) is 37.8 Å². The normalized spacial score (nSPS) is 34.0. The molecule has 5 atom stereocenters. The van der Waals surface area contributed by atoms with Crippen LogP contribution in [0, 0.1) is 28.6 Å². The van der Waals surface area contributed by atoms with Gasteiger partial charge in [0.2, 0.25) is 0 Å². The standard InChI is InChI=1S/C27H33N5O/c28-16-23(29)26-27(33)32(25-10-2-1-9-24(25)30-26)22-14-19-7-4-8-20(15-22)31(19)21-12-17-5-3-6-18(11-17)13-21/h1-2,9-10,17-22,29H,3-8,11-15H2/t17?,18?,19-,20+,21?,22+. The van der Waals surface area contributed by atoms with Crippen LogP contribution in [0.2, 0.25) is 0 Å². The predicted molar refractivity (Wildman–Crippen MR) is 128 cm³/mol. The molecule has 2 saturated heterocycles. The second-order valence-corrected chi connectivity index (χ2v) is 10.9. The lowest BCUT2D eigenvalue weighted by Gasteiger charge is -2.55. The average Bonchev–Trinajstić information content (AvgIpc) is 2.82. The molecule has 6 heteroatoms. The molecule has 33 heavy (non-hydrogen) atoms. The number of hydrogen-bond donors (Lipinski definition) is 1. The monoisotopic (exact) mass is 443 g/mol. The van der Waals surface area contributed by atoms with Crippen LogP contribution in [0.3, 0.4) is 0 Å². The van der Waals surface area contributed by atoms with E-state index in [4.69, 9.17) is 5.41 Å². The van der Waals surface area contributed by atoms with Crippen LogP contribution < -0.4 is 5.56 Å². The van der Waals surface area contributed by atoms with Crippen molar-refractivity contribution in [3.05, 3.63) is 40.3 Å². The molecule has 4 fully saturated rings. The van der Waals surface area contributed by atoms with Gasteiger partial charge in [0, 0.05) is 24.2 Å². The van der Waals surface area contributed by atoms with E-state index in [1.165, 1.54) is 57.8 Å². The fourth-order valence-electron chi connectivity index (χ4n) is 7.87. The second-order valence-electron chi connectivity index (χ2n) is 10.9. The summed E-state index contributed by atoms with van der Waals surface area (Å²) in [5.74, 6) is 1.85. The summed E-state index contributed by atoms with van der Waals surface area (Å²) >= 11 is 0. The molecule has 2 aromatic rings. The van der Waals surface area contributed by atoms with Gasteiger partial charge in [-0.2, -0.15) is 5.26 Å².